The lowest BCUT2D eigenvalue weighted by molar-refractivity contribution is 0.0811. The second-order valence-corrected chi connectivity index (χ2v) is 4.01. The van der Waals surface area contributed by atoms with Crippen molar-refractivity contribution < 1.29 is 14.6 Å². The van der Waals surface area contributed by atoms with Crippen molar-refractivity contribution in [3.05, 3.63) is 29.8 Å². The number of carbonyl (C=O) groups excluding carboxylic acids is 1. The fourth-order valence-corrected chi connectivity index (χ4v) is 2.17. The average molecular weight is 247 g/mol. The summed E-state index contributed by atoms with van der Waals surface area (Å²) in [5.41, 5.74) is 1.91. The summed E-state index contributed by atoms with van der Waals surface area (Å²) in [6.45, 7) is 3.86. The topological polar surface area (TPSA) is 51.5 Å². The highest BCUT2D eigenvalue weighted by atomic mass is 16.5. The minimum Gasteiger partial charge on any atom is -0.479 e. The maximum atomic E-state index is 11.9. The van der Waals surface area contributed by atoms with Crippen LogP contribution in [0.5, 0.6) is 5.88 Å². The number of carbonyl (C=O) groups is 1. The van der Waals surface area contributed by atoms with Crippen molar-refractivity contribution in [2.45, 2.75) is 20.3 Å². The van der Waals surface area contributed by atoms with Crippen LogP contribution in [0.3, 0.4) is 0 Å². The minimum atomic E-state index is -0.526. The lowest BCUT2D eigenvalue weighted by Crippen LogP contribution is -2.16. The lowest BCUT2D eigenvalue weighted by atomic mass is 10.1. The van der Waals surface area contributed by atoms with Crippen LogP contribution in [0.1, 0.15) is 24.2 Å². The summed E-state index contributed by atoms with van der Waals surface area (Å²) in [5.74, 6) is 0.127. The molecule has 0 aliphatic carbocycles. The van der Waals surface area contributed by atoms with Gasteiger partial charge in [0.15, 0.2) is 0 Å². The molecule has 1 N–H and O–H groups in total. The number of fused-ring (bicyclic) bond motifs is 1. The van der Waals surface area contributed by atoms with Gasteiger partial charge in [0.05, 0.1) is 12.1 Å². The molecule has 0 saturated carbocycles. The number of hydrogen-bond acceptors (Lipinski definition) is 3. The van der Waals surface area contributed by atoms with E-state index in [1.54, 1.807) is 0 Å². The molecule has 1 heterocycles. The van der Waals surface area contributed by atoms with Gasteiger partial charge in [-0.05, 0) is 18.9 Å². The van der Waals surface area contributed by atoms with Crippen LogP contribution < -0.4 is 4.74 Å². The van der Waals surface area contributed by atoms with Crippen LogP contribution in [0.15, 0.2) is 24.3 Å². The van der Waals surface area contributed by atoms with E-state index in [2.05, 4.69) is 0 Å². The van der Waals surface area contributed by atoms with Crippen molar-refractivity contribution >= 4 is 16.8 Å². The van der Waals surface area contributed by atoms with Crippen LogP contribution in [0, 0.1) is 0 Å². The Balaban J connectivity index is 2.74. The highest BCUT2D eigenvalue weighted by Gasteiger charge is 2.17. The van der Waals surface area contributed by atoms with Crippen LogP contribution in [-0.4, -0.2) is 28.8 Å². The molecule has 4 nitrogen and oxygen atoms in total. The molecule has 2 rings (SSSR count). The molecular formula is C14H17NO3. The molecular weight excluding hydrogens is 230 g/mol. The molecule has 18 heavy (non-hydrogen) atoms. The quantitative estimate of drug-likeness (QED) is 0.901. The molecule has 0 unspecified atom stereocenters. The molecule has 0 bridgehead atoms. The van der Waals surface area contributed by atoms with E-state index >= 15 is 0 Å². The van der Waals surface area contributed by atoms with E-state index in [-0.39, 0.29) is 5.91 Å². The molecule has 0 atom stereocenters. The summed E-state index contributed by atoms with van der Waals surface area (Å²) in [6.07, 6.45) is 0.825. The van der Waals surface area contributed by atoms with Gasteiger partial charge in [0.25, 0.3) is 5.91 Å². The van der Waals surface area contributed by atoms with E-state index in [9.17, 15) is 4.79 Å². The molecule has 2 aromatic rings. The number of rotatable bonds is 4. The first-order chi connectivity index (χ1) is 8.72. The molecule has 1 aromatic carbocycles. The van der Waals surface area contributed by atoms with E-state index in [4.69, 9.17) is 9.84 Å². The van der Waals surface area contributed by atoms with Crippen LogP contribution in [-0.2, 0) is 6.42 Å². The maximum Gasteiger partial charge on any atom is 0.259 e. The van der Waals surface area contributed by atoms with Gasteiger partial charge >= 0.3 is 0 Å². The van der Waals surface area contributed by atoms with Crippen molar-refractivity contribution in [3.8, 4) is 5.88 Å². The highest BCUT2D eigenvalue weighted by Crippen LogP contribution is 2.28. The number of ether oxygens (including phenoxy) is 1. The molecule has 4 heteroatoms. The minimum absolute atomic E-state index is 0.366. The standard InChI is InChI=1S/C14H17NO3/c1-3-10-6-5-7-11-8-13(18-4-2)15(14(10)11)12(17)9-16/h5-8,16H,3-4,9H2,1-2H3. The molecule has 1 aromatic heterocycles. The predicted molar refractivity (Wildman–Crippen MR) is 70.2 cm³/mol. The van der Waals surface area contributed by atoms with Gasteiger partial charge in [0, 0.05) is 11.5 Å². The number of aryl methyl sites for hydroxylation is 1. The Bertz CT molecular complexity index is 572. The van der Waals surface area contributed by atoms with Gasteiger partial charge in [0.2, 0.25) is 5.88 Å². The van der Waals surface area contributed by atoms with E-state index < -0.39 is 6.61 Å². The fourth-order valence-electron chi connectivity index (χ4n) is 2.17. The summed E-state index contributed by atoms with van der Waals surface area (Å²) in [4.78, 5) is 11.9. The number of hydrogen-bond donors (Lipinski definition) is 1. The number of aliphatic hydroxyl groups excluding tert-OH is 1. The van der Waals surface area contributed by atoms with E-state index in [1.807, 2.05) is 38.1 Å². The van der Waals surface area contributed by atoms with Crippen LogP contribution in [0.2, 0.25) is 0 Å². The third kappa shape index (κ3) is 1.99. The summed E-state index contributed by atoms with van der Waals surface area (Å²) < 4.78 is 6.95. The van der Waals surface area contributed by atoms with E-state index in [0.29, 0.717) is 12.5 Å². The first-order valence-electron chi connectivity index (χ1n) is 6.13. The molecule has 96 valence electrons. The largest absolute Gasteiger partial charge is 0.479 e. The van der Waals surface area contributed by atoms with Crippen molar-refractivity contribution in [1.82, 2.24) is 4.57 Å². The molecule has 0 aliphatic rings. The first-order valence-corrected chi connectivity index (χ1v) is 6.13. The predicted octanol–water partition coefficient (Wildman–Crippen LogP) is 2.23. The molecule has 0 amide bonds. The molecule has 0 saturated heterocycles. The summed E-state index contributed by atoms with van der Waals surface area (Å²) in [5, 5.41) is 10.1. The molecule has 0 spiro atoms. The summed E-state index contributed by atoms with van der Waals surface area (Å²) in [7, 11) is 0. The number of aliphatic hydroxyl groups is 1. The number of benzene rings is 1. The van der Waals surface area contributed by atoms with Crippen LogP contribution >= 0.6 is 0 Å². The van der Waals surface area contributed by atoms with Gasteiger partial charge in [-0.25, -0.2) is 4.57 Å². The first kappa shape index (κ1) is 12.6. The Kier molecular flexibility index (Phi) is 3.67. The fraction of sp³-hybridized carbons (Fsp3) is 0.357. The van der Waals surface area contributed by atoms with Crippen molar-refractivity contribution in [2.75, 3.05) is 13.2 Å². The third-order valence-electron chi connectivity index (χ3n) is 2.93. The monoisotopic (exact) mass is 247 g/mol. The summed E-state index contributed by atoms with van der Waals surface area (Å²) in [6, 6.07) is 7.73. The number of nitrogens with zero attached hydrogens (tertiary/aromatic N) is 1. The second-order valence-electron chi connectivity index (χ2n) is 4.01. The van der Waals surface area contributed by atoms with Gasteiger partial charge in [0.1, 0.15) is 6.61 Å². The lowest BCUT2D eigenvalue weighted by Gasteiger charge is -2.09. The highest BCUT2D eigenvalue weighted by molar-refractivity contribution is 5.97. The third-order valence-corrected chi connectivity index (χ3v) is 2.93. The molecule has 0 fully saturated rings. The Morgan fingerprint density at radius 2 is 2.17 bits per heavy atom. The zero-order chi connectivity index (χ0) is 13.1. The normalized spacial score (nSPS) is 10.8. The van der Waals surface area contributed by atoms with Crippen LogP contribution in [0.4, 0.5) is 0 Å². The van der Waals surface area contributed by atoms with Crippen LogP contribution in [0.25, 0.3) is 10.9 Å². The number of aromatic nitrogens is 1. The Morgan fingerprint density at radius 3 is 2.78 bits per heavy atom. The SMILES string of the molecule is CCOc1cc2cccc(CC)c2n1C(=O)CO. The Hall–Kier alpha value is -1.81. The summed E-state index contributed by atoms with van der Waals surface area (Å²) >= 11 is 0. The smallest absolute Gasteiger partial charge is 0.259 e. The van der Waals surface area contributed by atoms with Crippen molar-refractivity contribution in [1.29, 1.82) is 0 Å². The zero-order valence-electron chi connectivity index (χ0n) is 10.6. The van der Waals surface area contributed by atoms with Gasteiger partial charge < -0.3 is 9.84 Å². The van der Waals surface area contributed by atoms with Gasteiger partial charge in [-0.3, -0.25) is 4.79 Å². The van der Waals surface area contributed by atoms with Gasteiger partial charge in [-0.1, -0.05) is 25.1 Å². The zero-order valence-corrected chi connectivity index (χ0v) is 10.6. The molecule has 0 radical (unpaired) electrons. The van der Waals surface area contributed by atoms with Crippen molar-refractivity contribution in [2.24, 2.45) is 0 Å². The Labute approximate surface area is 106 Å². The second kappa shape index (κ2) is 5.23. The van der Waals surface area contributed by atoms with Gasteiger partial charge in [-0.15, -0.1) is 0 Å². The maximum absolute atomic E-state index is 11.9. The number of para-hydroxylation sites is 1. The van der Waals surface area contributed by atoms with Crippen molar-refractivity contribution in [3.63, 3.8) is 0 Å². The van der Waals surface area contributed by atoms with E-state index in [1.165, 1.54) is 4.57 Å². The average Bonchev–Trinajstić information content (AvgIpc) is 2.76. The van der Waals surface area contributed by atoms with Gasteiger partial charge in [-0.2, -0.15) is 0 Å². The Morgan fingerprint density at radius 1 is 1.39 bits per heavy atom. The molecule has 0 aliphatic heterocycles. The van der Waals surface area contributed by atoms with E-state index in [0.717, 1.165) is 22.9 Å².